The summed E-state index contributed by atoms with van der Waals surface area (Å²) in [5.41, 5.74) is 0.556. The van der Waals surface area contributed by atoms with Crippen LogP contribution < -0.4 is 0 Å². The third kappa shape index (κ3) is 3.60. The number of aromatic nitrogens is 1. The van der Waals surface area contributed by atoms with Gasteiger partial charge in [0.15, 0.2) is 0 Å². The molecule has 1 aromatic heterocycles. The van der Waals surface area contributed by atoms with Gasteiger partial charge in [-0.25, -0.2) is 4.98 Å². The van der Waals surface area contributed by atoms with Gasteiger partial charge in [-0.3, -0.25) is 4.79 Å². The average molecular weight is 273 g/mol. The summed E-state index contributed by atoms with van der Waals surface area (Å²) in [6, 6.07) is 3.30. The monoisotopic (exact) mass is 272 g/mol. The molecule has 0 aliphatic carbocycles. The van der Waals surface area contributed by atoms with Crippen LogP contribution in [-0.4, -0.2) is 40.6 Å². The second kappa shape index (κ2) is 5.23. The van der Waals surface area contributed by atoms with Crippen LogP contribution in [0.5, 0.6) is 0 Å². The van der Waals surface area contributed by atoms with E-state index in [1.807, 2.05) is 0 Å². The number of hydrogen-bond acceptors (Lipinski definition) is 3. The minimum Gasteiger partial charge on any atom is -0.392 e. The molecule has 1 aromatic rings. The smallest absolute Gasteiger partial charge is 0.253 e. The first-order valence-electron chi connectivity index (χ1n) is 4.56. The predicted molar refractivity (Wildman–Crippen MR) is 60.6 cm³/mol. The summed E-state index contributed by atoms with van der Waals surface area (Å²) in [6.45, 7) is 1.96. The first-order valence-corrected chi connectivity index (χ1v) is 5.35. The van der Waals surface area contributed by atoms with Crippen molar-refractivity contribution in [2.75, 3.05) is 13.6 Å². The molecule has 5 heteroatoms. The van der Waals surface area contributed by atoms with Crippen molar-refractivity contribution in [3.8, 4) is 0 Å². The Labute approximate surface area is 97.1 Å². The molecule has 82 valence electrons. The van der Waals surface area contributed by atoms with Gasteiger partial charge in [-0.2, -0.15) is 0 Å². The van der Waals surface area contributed by atoms with Crippen LogP contribution in [0.2, 0.25) is 0 Å². The number of carbonyl (C=O) groups is 1. The van der Waals surface area contributed by atoms with Gasteiger partial charge in [-0.1, -0.05) is 0 Å². The molecule has 0 fully saturated rings. The molecule has 1 heterocycles. The Kier molecular flexibility index (Phi) is 4.23. The second-order valence-corrected chi connectivity index (χ2v) is 4.21. The third-order valence-electron chi connectivity index (χ3n) is 1.86. The summed E-state index contributed by atoms with van der Waals surface area (Å²) < 4.78 is 0.624. The summed E-state index contributed by atoms with van der Waals surface area (Å²) in [7, 11) is 1.66. The molecule has 15 heavy (non-hydrogen) atoms. The van der Waals surface area contributed by atoms with Crippen molar-refractivity contribution < 1.29 is 9.90 Å². The molecule has 1 rings (SSSR count). The quantitative estimate of drug-likeness (QED) is 0.844. The Bertz CT molecular complexity index is 355. The van der Waals surface area contributed by atoms with Crippen molar-refractivity contribution in [2.24, 2.45) is 0 Å². The fraction of sp³-hybridized carbons (Fsp3) is 0.400. The number of halogens is 1. The van der Waals surface area contributed by atoms with E-state index in [0.29, 0.717) is 16.7 Å². The first-order chi connectivity index (χ1) is 7.00. The molecule has 0 aliphatic heterocycles. The lowest BCUT2D eigenvalue weighted by molar-refractivity contribution is 0.0703. The Morgan fingerprint density at radius 2 is 2.40 bits per heavy atom. The van der Waals surface area contributed by atoms with Gasteiger partial charge < -0.3 is 10.0 Å². The van der Waals surface area contributed by atoms with Crippen LogP contribution in [0, 0.1) is 0 Å². The Hall–Kier alpha value is -0.940. The summed E-state index contributed by atoms with van der Waals surface area (Å²) in [4.78, 5) is 17.2. The third-order valence-corrected chi connectivity index (χ3v) is 2.29. The number of amides is 1. The SMILES string of the molecule is CC(O)CN(C)C(=O)c1ccnc(Br)c1. The number of likely N-dealkylation sites (N-methyl/N-ethyl adjacent to an activating group) is 1. The Morgan fingerprint density at radius 3 is 2.93 bits per heavy atom. The lowest BCUT2D eigenvalue weighted by atomic mass is 10.2. The van der Waals surface area contributed by atoms with Gasteiger partial charge in [0.25, 0.3) is 5.91 Å². The maximum absolute atomic E-state index is 11.8. The molecule has 1 unspecified atom stereocenters. The van der Waals surface area contributed by atoms with Crippen molar-refractivity contribution in [2.45, 2.75) is 13.0 Å². The zero-order valence-corrected chi connectivity index (χ0v) is 10.2. The topological polar surface area (TPSA) is 53.4 Å². The van der Waals surface area contributed by atoms with E-state index in [4.69, 9.17) is 5.11 Å². The molecule has 0 aliphatic rings. The van der Waals surface area contributed by atoms with Gasteiger partial charge in [-0.05, 0) is 35.0 Å². The average Bonchev–Trinajstić information content (AvgIpc) is 2.15. The Balaban J connectivity index is 2.76. The van der Waals surface area contributed by atoms with Crippen LogP contribution in [0.1, 0.15) is 17.3 Å². The van der Waals surface area contributed by atoms with Gasteiger partial charge in [0, 0.05) is 25.4 Å². The van der Waals surface area contributed by atoms with Gasteiger partial charge >= 0.3 is 0 Å². The largest absolute Gasteiger partial charge is 0.392 e. The van der Waals surface area contributed by atoms with Gasteiger partial charge in [0.2, 0.25) is 0 Å². The van der Waals surface area contributed by atoms with Crippen LogP contribution in [0.3, 0.4) is 0 Å². The standard InChI is InChI=1S/C10H13BrN2O2/c1-7(14)6-13(2)10(15)8-3-4-12-9(11)5-8/h3-5,7,14H,6H2,1-2H3. The summed E-state index contributed by atoms with van der Waals surface area (Å²) >= 11 is 3.20. The summed E-state index contributed by atoms with van der Waals surface area (Å²) in [5, 5.41) is 9.16. The van der Waals surface area contributed by atoms with Crippen LogP contribution in [-0.2, 0) is 0 Å². The minimum atomic E-state index is -0.524. The van der Waals surface area contributed by atoms with Crippen molar-refractivity contribution in [3.63, 3.8) is 0 Å². The molecule has 0 radical (unpaired) electrons. The number of rotatable bonds is 3. The van der Waals surface area contributed by atoms with E-state index < -0.39 is 6.10 Å². The van der Waals surface area contributed by atoms with E-state index in [-0.39, 0.29) is 5.91 Å². The normalized spacial score (nSPS) is 12.3. The van der Waals surface area contributed by atoms with E-state index in [1.54, 1.807) is 32.3 Å². The molecule has 0 aromatic carbocycles. The number of hydrogen-bond donors (Lipinski definition) is 1. The van der Waals surface area contributed by atoms with Crippen LogP contribution in [0.15, 0.2) is 22.9 Å². The van der Waals surface area contributed by atoms with E-state index >= 15 is 0 Å². The molecule has 0 saturated carbocycles. The van der Waals surface area contributed by atoms with E-state index in [2.05, 4.69) is 20.9 Å². The van der Waals surface area contributed by atoms with Gasteiger partial charge in [-0.15, -0.1) is 0 Å². The highest BCUT2D eigenvalue weighted by Crippen LogP contribution is 2.10. The van der Waals surface area contributed by atoms with Gasteiger partial charge in [0.1, 0.15) is 4.60 Å². The molecular formula is C10H13BrN2O2. The van der Waals surface area contributed by atoms with Crippen LogP contribution in [0.4, 0.5) is 0 Å². The molecule has 0 spiro atoms. The van der Waals surface area contributed by atoms with E-state index in [0.717, 1.165) is 0 Å². The molecule has 0 bridgehead atoms. The fourth-order valence-electron chi connectivity index (χ4n) is 1.24. The van der Waals surface area contributed by atoms with Crippen LogP contribution in [0.25, 0.3) is 0 Å². The number of pyridine rings is 1. The van der Waals surface area contributed by atoms with Crippen molar-refractivity contribution in [3.05, 3.63) is 28.5 Å². The van der Waals surface area contributed by atoms with Crippen LogP contribution >= 0.6 is 15.9 Å². The zero-order chi connectivity index (χ0) is 11.4. The van der Waals surface area contributed by atoms with Gasteiger partial charge in [0.05, 0.1) is 6.10 Å². The molecule has 1 N–H and O–H groups in total. The number of carbonyl (C=O) groups excluding carboxylic acids is 1. The predicted octanol–water partition coefficient (Wildman–Crippen LogP) is 1.30. The second-order valence-electron chi connectivity index (χ2n) is 3.40. The highest BCUT2D eigenvalue weighted by Gasteiger charge is 2.13. The van der Waals surface area contributed by atoms with Crippen molar-refractivity contribution in [1.29, 1.82) is 0 Å². The summed E-state index contributed by atoms with van der Waals surface area (Å²) in [6.07, 6.45) is 1.04. The molecular weight excluding hydrogens is 260 g/mol. The molecule has 1 atom stereocenters. The fourth-order valence-corrected chi connectivity index (χ4v) is 1.60. The highest BCUT2D eigenvalue weighted by atomic mass is 79.9. The van der Waals surface area contributed by atoms with Crippen molar-refractivity contribution in [1.82, 2.24) is 9.88 Å². The van der Waals surface area contributed by atoms with E-state index in [1.165, 1.54) is 4.90 Å². The number of aliphatic hydroxyl groups excluding tert-OH is 1. The molecule has 4 nitrogen and oxygen atoms in total. The lowest BCUT2D eigenvalue weighted by Gasteiger charge is -2.18. The Morgan fingerprint density at radius 1 is 1.73 bits per heavy atom. The number of aliphatic hydroxyl groups is 1. The lowest BCUT2D eigenvalue weighted by Crippen LogP contribution is -2.33. The molecule has 0 saturated heterocycles. The maximum Gasteiger partial charge on any atom is 0.253 e. The highest BCUT2D eigenvalue weighted by molar-refractivity contribution is 9.10. The van der Waals surface area contributed by atoms with Crippen molar-refractivity contribution >= 4 is 21.8 Å². The summed E-state index contributed by atoms with van der Waals surface area (Å²) in [5.74, 6) is -0.126. The molecule has 1 amide bonds. The zero-order valence-electron chi connectivity index (χ0n) is 8.64. The maximum atomic E-state index is 11.8. The minimum absolute atomic E-state index is 0.126. The number of nitrogens with zero attached hydrogens (tertiary/aromatic N) is 2. The van der Waals surface area contributed by atoms with E-state index in [9.17, 15) is 4.79 Å². The first kappa shape index (κ1) is 12.1.